The van der Waals surface area contributed by atoms with Crippen LogP contribution in [0, 0.1) is 0 Å². The van der Waals surface area contributed by atoms with Crippen LogP contribution in [0.4, 0.5) is 0 Å². The molecule has 0 saturated heterocycles. The average molecular weight is 165 g/mol. The monoisotopic (exact) mass is 165 g/mol. The molecule has 0 atom stereocenters. The number of hydrogen-bond acceptors (Lipinski definition) is 2. The van der Waals surface area contributed by atoms with Crippen molar-refractivity contribution in [3.8, 4) is 0 Å². The molecule has 2 nitrogen and oxygen atoms in total. The van der Waals surface area contributed by atoms with E-state index in [1.54, 1.807) is 0 Å². The zero-order chi connectivity index (χ0) is 9.83. The Hall–Kier alpha value is -0.555. The van der Waals surface area contributed by atoms with Crippen molar-refractivity contribution in [1.82, 2.24) is 0 Å². The minimum absolute atomic E-state index is 0.0742. The van der Waals surface area contributed by atoms with Gasteiger partial charge in [0.2, 0.25) is 0 Å². The molecule has 0 heterocycles. The average Bonchev–Trinajstić information content (AvgIpc) is 1.76. The van der Waals surface area contributed by atoms with Crippen molar-refractivity contribution < 1.29 is 0 Å². The van der Waals surface area contributed by atoms with Crippen LogP contribution in [0.3, 0.4) is 0 Å². The highest BCUT2D eigenvalue weighted by Gasteiger charge is 2.11. The van der Waals surface area contributed by atoms with Crippen molar-refractivity contribution >= 4 is 13.4 Å². The zero-order valence-corrected chi connectivity index (χ0v) is 8.97. The van der Waals surface area contributed by atoms with Crippen LogP contribution in [0.2, 0.25) is 5.31 Å². The highest BCUT2D eigenvalue weighted by molar-refractivity contribution is 6.38. The van der Waals surface area contributed by atoms with Gasteiger partial charge in [-0.3, -0.25) is 4.90 Å². The van der Waals surface area contributed by atoms with Gasteiger partial charge in [0.15, 0.2) is 0 Å². The molecule has 0 aromatic carbocycles. The van der Waals surface area contributed by atoms with Gasteiger partial charge >= 0.3 is 0 Å². The molecule has 0 N–H and O–H groups in total. The molecule has 0 fully saturated rings. The van der Waals surface area contributed by atoms with E-state index >= 15 is 0 Å². The van der Waals surface area contributed by atoms with Crippen LogP contribution in [-0.4, -0.2) is 19.0 Å². The van der Waals surface area contributed by atoms with Gasteiger partial charge in [0, 0.05) is 0 Å². The third-order valence-corrected chi connectivity index (χ3v) is 0.895. The van der Waals surface area contributed by atoms with Gasteiger partial charge in [-0.05, 0) is 26.1 Å². The smallest absolute Gasteiger partial charge is 0.294 e. The number of aliphatic imine (C=N–C) groups is 1. The fraction of sp³-hybridized carbons (Fsp3) is 0.889. The molecule has 1 radical (unpaired) electrons. The lowest BCUT2D eigenvalue weighted by Crippen LogP contribution is -2.09. The molecule has 12 heavy (non-hydrogen) atoms. The maximum absolute atomic E-state index is 4.11. The lowest BCUT2D eigenvalue weighted by Gasteiger charge is -2.10. The predicted molar refractivity (Wildman–Crippen MR) is 55.1 cm³/mol. The largest absolute Gasteiger partial charge is 0.296 e. The second-order valence-electron chi connectivity index (χ2n) is 5.01. The van der Waals surface area contributed by atoms with E-state index in [0.29, 0.717) is 0 Å². The van der Waals surface area contributed by atoms with Crippen molar-refractivity contribution in [3.05, 3.63) is 0 Å². The van der Waals surface area contributed by atoms with Crippen molar-refractivity contribution in [3.63, 3.8) is 0 Å². The van der Waals surface area contributed by atoms with Gasteiger partial charge in [-0.25, -0.2) is 4.99 Å². The van der Waals surface area contributed by atoms with Gasteiger partial charge in [-0.2, -0.15) is 0 Å². The molecule has 0 aromatic heterocycles. The summed E-state index contributed by atoms with van der Waals surface area (Å²) < 4.78 is 0. The number of nitrogens with zero attached hydrogens (tertiary/aromatic N) is 2. The van der Waals surface area contributed by atoms with Crippen LogP contribution >= 0.6 is 0 Å². The van der Waals surface area contributed by atoms with E-state index in [0.717, 1.165) is 0 Å². The van der Waals surface area contributed by atoms with Crippen LogP contribution in [-0.2, 0) is 0 Å². The minimum Gasteiger partial charge on any atom is -0.294 e. The van der Waals surface area contributed by atoms with E-state index in [-0.39, 0.29) is 10.9 Å². The molecule has 0 amide bonds. The summed E-state index contributed by atoms with van der Waals surface area (Å²) in [5.41, 5.74) is -0.0742. The first kappa shape index (κ1) is 11.4. The molecular formula is C9H18BN2. The van der Waals surface area contributed by atoms with E-state index in [2.05, 4.69) is 36.7 Å². The molecule has 3 heteroatoms. The first-order valence-electron chi connectivity index (χ1n) is 4.22. The van der Waals surface area contributed by atoms with Crippen molar-refractivity contribution in [2.24, 2.45) is 9.90 Å². The fourth-order valence-corrected chi connectivity index (χ4v) is 0.401. The molecule has 0 aliphatic carbocycles. The Kier molecular flexibility index (Phi) is 3.73. The summed E-state index contributed by atoms with van der Waals surface area (Å²) in [7, 11) is 1.85. The zero-order valence-electron chi connectivity index (χ0n) is 8.97. The molecule has 0 rings (SSSR count). The lowest BCUT2D eigenvalue weighted by molar-refractivity contribution is 0.587. The molecule has 0 unspecified atom stereocenters. The van der Waals surface area contributed by atoms with Gasteiger partial charge in [0.1, 0.15) is 0 Å². The maximum Gasteiger partial charge on any atom is 0.296 e. The minimum atomic E-state index is -0.0742. The molecule has 0 aliphatic heterocycles. The van der Waals surface area contributed by atoms with Crippen molar-refractivity contribution in [2.75, 3.05) is 0 Å². The van der Waals surface area contributed by atoms with Crippen molar-refractivity contribution in [1.29, 1.82) is 0 Å². The number of hydrogen-bond donors (Lipinski definition) is 0. The van der Waals surface area contributed by atoms with E-state index in [1.807, 2.05) is 28.2 Å². The SMILES string of the molecule is CC(C)(C)[B]N=C=NC(C)(C)C. The quantitative estimate of drug-likeness (QED) is 0.421. The van der Waals surface area contributed by atoms with Gasteiger partial charge in [0.05, 0.1) is 11.5 Å². The first-order valence-corrected chi connectivity index (χ1v) is 4.22. The normalized spacial score (nSPS) is 11.8. The summed E-state index contributed by atoms with van der Waals surface area (Å²) in [5.74, 6) is 0. The Morgan fingerprint density at radius 2 is 1.50 bits per heavy atom. The van der Waals surface area contributed by atoms with Gasteiger partial charge in [0.25, 0.3) is 7.41 Å². The highest BCUT2D eigenvalue weighted by atomic mass is 14.8. The lowest BCUT2D eigenvalue weighted by atomic mass is 9.65. The summed E-state index contributed by atoms with van der Waals surface area (Å²) in [6, 6.07) is 2.68. The number of rotatable bonds is 1. The summed E-state index contributed by atoms with van der Waals surface area (Å²) >= 11 is 0. The van der Waals surface area contributed by atoms with Crippen molar-refractivity contribution in [2.45, 2.75) is 52.4 Å². The van der Waals surface area contributed by atoms with E-state index in [4.69, 9.17) is 0 Å². The predicted octanol–water partition coefficient (Wildman–Crippen LogP) is 2.80. The third kappa shape index (κ3) is 9.44. The summed E-state index contributed by atoms with van der Waals surface area (Å²) in [5, 5.41) is 0.112. The standard InChI is InChI=1S/C9H18BN2/c1-8(2,3)10-12-7-11-9(4,5)6/h1-6H3. The Balaban J connectivity index is 4.01. The molecule has 67 valence electrons. The molecule has 0 spiro atoms. The van der Waals surface area contributed by atoms with E-state index in [9.17, 15) is 0 Å². The highest BCUT2D eigenvalue weighted by Crippen LogP contribution is 2.19. The summed E-state index contributed by atoms with van der Waals surface area (Å²) in [6.07, 6.45) is 0. The van der Waals surface area contributed by atoms with Gasteiger partial charge in [-0.15, -0.1) is 0 Å². The Morgan fingerprint density at radius 1 is 1.00 bits per heavy atom. The molecular weight excluding hydrogens is 147 g/mol. The van der Waals surface area contributed by atoms with Gasteiger partial charge < -0.3 is 0 Å². The summed E-state index contributed by atoms with van der Waals surface area (Å²) in [6.45, 7) is 12.3. The second-order valence-corrected chi connectivity index (χ2v) is 5.01. The Morgan fingerprint density at radius 3 is 1.83 bits per heavy atom. The van der Waals surface area contributed by atoms with E-state index < -0.39 is 0 Å². The molecule has 0 bridgehead atoms. The van der Waals surface area contributed by atoms with E-state index in [1.165, 1.54) is 0 Å². The molecule has 0 aliphatic rings. The third-order valence-electron chi connectivity index (χ3n) is 0.895. The van der Waals surface area contributed by atoms with Gasteiger partial charge in [-0.1, -0.05) is 20.8 Å². The van der Waals surface area contributed by atoms with Crippen LogP contribution in [0.25, 0.3) is 0 Å². The molecule has 0 aromatic rings. The topological polar surface area (TPSA) is 24.7 Å². The molecule has 0 saturated carbocycles. The van der Waals surface area contributed by atoms with Crippen LogP contribution in [0.1, 0.15) is 41.5 Å². The summed E-state index contributed by atoms with van der Waals surface area (Å²) in [4.78, 5) is 8.10. The maximum atomic E-state index is 4.11. The second kappa shape index (κ2) is 3.91. The first-order chi connectivity index (χ1) is 5.21. The van der Waals surface area contributed by atoms with Crippen LogP contribution in [0.15, 0.2) is 9.90 Å². The van der Waals surface area contributed by atoms with Crippen LogP contribution < -0.4 is 0 Å². The fourth-order valence-electron chi connectivity index (χ4n) is 0.401. The van der Waals surface area contributed by atoms with Crippen LogP contribution in [0.5, 0.6) is 0 Å². The Bertz CT molecular complexity index is 190. The Labute approximate surface area is 76.5 Å².